The summed E-state index contributed by atoms with van der Waals surface area (Å²) in [4.78, 5) is 11.5. The fourth-order valence-electron chi connectivity index (χ4n) is 1.51. The number of hydrogen-bond acceptors (Lipinski definition) is 3. The van der Waals surface area contributed by atoms with E-state index in [2.05, 4.69) is 26.6 Å². The Morgan fingerprint density at radius 3 is 2.70 bits per heavy atom. The van der Waals surface area contributed by atoms with Crippen LogP contribution in [0.15, 0.2) is 51.6 Å². The average Bonchev–Trinajstić information content (AvgIpc) is 2.96. The highest BCUT2D eigenvalue weighted by Crippen LogP contribution is 2.15. The molecule has 6 heteroatoms. The molecule has 0 unspecified atom stereocenters. The molecule has 0 aliphatic rings. The molecule has 0 aliphatic carbocycles. The zero-order valence-electron chi connectivity index (χ0n) is 10.8. The van der Waals surface area contributed by atoms with Crippen molar-refractivity contribution in [1.82, 2.24) is 10.6 Å². The second-order valence-corrected chi connectivity index (χ2v) is 4.91. The molecule has 0 atom stereocenters. The van der Waals surface area contributed by atoms with Crippen LogP contribution in [0, 0.1) is 0 Å². The number of carbonyl (C=O) groups excluding carboxylic acids is 1. The molecular weight excluding hydrogens is 324 g/mol. The zero-order chi connectivity index (χ0) is 14.2. The van der Waals surface area contributed by atoms with Crippen LogP contribution in [-0.2, 0) is 6.54 Å². The third-order valence-electron chi connectivity index (χ3n) is 2.47. The molecule has 20 heavy (non-hydrogen) atoms. The molecule has 2 amide bonds. The highest BCUT2D eigenvalue weighted by molar-refractivity contribution is 9.10. The van der Waals surface area contributed by atoms with Crippen LogP contribution in [0.5, 0.6) is 5.75 Å². The maximum atomic E-state index is 11.5. The van der Waals surface area contributed by atoms with Crippen LogP contribution in [0.1, 0.15) is 5.76 Å². The Morgan fingerprint density at radius 2 is 2.00 bits per heavy atom. The number of furan rings is 1. The van der Waals surface area contributed by atoms with Gasteiger partial charge in [0, 0.05) is 4.47 Å². The molecule has 2 N–H and O–H groups in total. The van der Waals surface area contributed by atoms with Gasteiger partial charge in [-0.15, -0.1) is 0 Å². The summed E-state index contributed by atoms with van der Waals surface area (Å²) in [5.41, 5.74) is 0. The van der Waals surface area contributed by atoms with E-state index < -0.39 is 0 Å². The van der Waals surface area contributed by atoms with Gasteiger partial charge in [0.15, 0.2) is 0 Å². The molecule has 0 saturated carbocycles. The maximum Gasteiger partial charge on any atom is 0.315 e. The number of halogens is 1. The average molecular weight is 339 g/mol. The van der Waals surface area contributed by atoms with Crippen molar-refractivity contribution in [1.29, 1.82) is 0 Å². The highest BCUT2D eigenvalue weighted by atomic mass is 79.9. The largest absolute Gasteiger partial charge is 0.492 e. The molecule has 5 nitrogen and oxygen atoms in total. The number of nitrogens with one attached hydrogen (secondary N) is 2. The van der Waals surface area contributed by atoms with Crippen LogP contribution in [-0.4, -0.2) is 19.2 Å². The molecule has 0 radical (unpaired) electrons. The lowest BCUT2D eigenvalue weighted by atomic mass is 10.3. The molecule has 1 aromatic heterocycles. The minimum Gasteiger partial charge on any atom is -0.492 e. The molecule has 0 saturated heterocycles. The van der Waals surface area contributed by atoms with Crippen molar-refractivity contribution in [2.45, 2.75) is 6.54 Å². The van der Waals surface area contributed by atoms with Gasteiger partial charge in [0.1, 0.15) is 18.1 Å². The van der Waals surface area contributed by atoms with E-state index in [9.17, 15) is 4.79 Å². The number of amides is 2. The first kappa shape index (κ1) is 14.5. The van der Waals surface area contributed by atoms with Crippen LogP contribution < -0.4 is 15.4 Å². The Bertz CT molecular complexity index is 526. The van der Waals surface area contributed by atoms with E-state index in [1.807, 2.05) is 24.3 Å². The van der Waals surface area contributed by atoms with Crippen molar-refractivity contribution in [2.24, 2.45) is 0 Å². The number of benzene rings is 1. The summed E-state index contributed by atoms with van der Waals surface area (Å²) in [5.74, 6) is 1.48. The fourth-order valence-corrected chi connectivity index (χ4v) is 1.77. The zero-order valence-corrected chi connectivity index (χ0v) is 12.4. The summed E-state index contributed by atoms with van der Waals surface area (Å²) in [6.07, 6.45) is 1.57. The number of ether oxygens (including phenoxy) is 1. The van der Waals surface area contributed by atoms with Crippen LogP contribution in [0.4, 0.5) is 4.79 Å². The van der Waals surface area contributed by atoms with Gasteiger partial charge in [0.25, 0.3) is 0 Å². The van der Waals surface area contributed by atoms with Crippen LogP contribution in [0.2, 0.25) is 0 Å². The van der Waals surface area contributed by atoms with E-state index >= 15 is 0 Å². The summed E-state index contributed by atoms with van der Waals surface area (Å²) in [6.45, 7) is 1.21. The van der Waals surface area contributed by atoms with Gasteiger partial charge < -0.3 is 19.8 Å². The lowest BCUT2D eigenvalue weighted by molar-refractivity contribution is 0.235. The predicted molar refractivity (Wildman–Crippen MR) is 78.6 cm³/mol. The Hall–Kier alpha value is -1.95. The lowest BCUT2D eigenvalue weighted by Gasteiger charge is -2.08. The predicted octanol–water partition coefficient (Wildman–Crippen LogP) is 2.92. The molecule has 0 aliphatic heterocycles. The quantitative estimate of drug-likeness (QED) is 0.796. The van der Waals surface area contributed by atoms with Gasteiger partial charge >= 0.3 is 6.03 Å². The minimum absolute atomic E-state index is 0.249. The van der Waals surface area contributed by atoms with Crippen LogP contribution in [0.25, 0.3) is 0 Å². The van der Waals surface area contributed by atoms with Gasteiger partial charge in [-0.2, -0.15) is 0 Å². The summed E-state index contributed by atoms with van der Waals surface area (Å²) in [7, 11) is 0. The molecule has 106 valence electrons. The van der Waals surface area contributed by atoms with Crippen LogP contribution in [0.3, 0.4) is 0 Å². The van der Waals surface area contributed by atoms with Crippen molar-refractivity contribution in [3.8, 4) is 5.75 Å². The monoisotopic (exact) mass is 338 g/mol. The first-order chi connectivity index (χ1) is 9.74. The van der Waals surface area contributed by atoms with Gasteiger partial charge in [-0.05, 0) is 36.4 Å². The summed E-state index contributed by atoms with van der Waals surface area (Å²) < 4.78 is 11.6. The smallest absolute Gasteiger partial charge is 0.315 e. The summed E-state index contributed by atoms with van der Waals surface area (Å²) >= 11 is 3.35. The lowest BCUT2D eigenvalue weighted by Crippen LogP contribution is -2.37. The SMILES string of the molecule is O=C(NCCOc1ccc(Br)cc1)NCc1ccco1. The second-order valence-electron chi connectivity index (χ2n) is 3.99. The molecule has 0 spiro atoms. The highest BCUT2D eigenvalue weighted by Gasteiger charge is 2.01. The first-order valence-electron chi connectivity index (χ1n) is 6.16. The second kappa shape index (κ2) is 7.59. The Morgan fingerprint density at radius 1 is 1.20 bits per heavy atom. The Kier molecular flexibility index (Phi) is 5.49. The molecule has 2 rings (SSSR count). The first-order valence-corrected chi connectivity index (χ1v) is 6.96. The van der Waals surface area contributed by atoms with Crippen molar-refractivity contribution in [3.05, 3.63) is 52.9 Å². The Labute approximate surface area is 125 Å². The third kappa shape index (κ3) is 4.97. The minimum atomic E-state index is -0.249. The van der Waals surface area contributed by atoms with E-state index in [-0.39, 0.29) is 6.03 Å². The summed E-state index contributed by atoms with van der Waals surface area (Å²) in [6, 6.07) is 10.9. The molecule has 1 aromatic carbocycles. The van der Waals surface area contributed by atoms with Gasteiger partial charge in [-0.25, -0.2) is 4.79 Å². The van der Waals surface area contributed by atoms with E-state index in [1.165, 1.54) is 0 Å². The molecule has 0 bridgehead atoms. The van der Waals surface area contributed by atoms with Gasteiger partial charge in [-0.1, -0.05) is 15.9 Å². The molecular formula is C14H15BrN2O3. The molecule has 1 heterocycles. The Balaban J connectivity index is 1.58. The van der Waals surface area contributed by atoms with Crippen molar-refractivity contribution >= 4 is 22.0 Å². The maximum absolute atomic E-state index is 11.5. The number of carbonyl (C=O) groups is 1. The van der Waals surface area contributed by atoms with E-state index in [4.69, 9.17) is 9.15 Å². The van der Waals surface area contributed by atoms with E-state index in [1.54, 1.807) is 18.4 Å². The van der Waals surface area contributed by atoms with Gasteiger partial charge in [0.05, 0.1) is 19.4 Å². The normalized spacial score (nSPS) is 10.1. The van der Waals surface area contributed by atoms with Crippen LogP contribution >= 0.6 is 15.9 Å². The number of urea groups is 1. The van der Waals surface area contributed by atoms with Gasteiger partial charge in [0.2, 0.25) is 0 Å². The van der Waals surface area contributed by atoms with E-state index in [0.717, 1.165) is 10.2 Å². The fraction of sp³-hybridized carbons (Fsp3) is 0.214. The van der Waals surface area contributed by atoms with Crippen molar-refractivity contribution in [2.75, 3.05) is 13.2 Å². The number of rotatable bonds is 6. The standard InChI is InChI=1S/C14H15BrN2O3/c15-11-3-5-12(6-4-11)20-9-7-16-14(18)17-10-13-2-1-8-19-13/h1-6,8H,7,9-10H2,(H2,16,17,18). The molecule has 0 fully saturated rings. The van der Waals surface area contributed by atoms with Crippen molar-refractivity contribution < 1.29 is 13.9 Å². The van der Waals surface area contributed by atoms with E-state index in [0.29, 0.717) is 25.5 Å². The van der Waals surface area contributed by atoms with Gasteiger partial charge in [-0.3, -0.25) is 0 Å². The van der Waals surface area contributed by atoms with Crippen molar-refractivity contribution in [3.63, 3.8) is 0 Å². The topological polar surface area (TPSA) is 63.5 Å². The number of hydrogen-bond donors (Lipinski definition) is 2. The summed E-state index contributed by atoms with van der Waals surface area (Å²) in [5, 5.41) is 5.39. The third-order valence-corrected chi connectivity index (χ3v) is 3.00. The molecule has 2 aromatic rings.